The van der Waals surface area contributed by atoms with Crippen LogP contribution < -0.4 is 31.1 Å². The van der Waals surface area contributed by atoms with Crippen molar-refractivity contribution in [1.29, 1.82) is 0 Å². The van der Waals surface area contributed by atoms with Gasteiger partial charge in [0, 0.05) is 66.8 Å². The maximum Gasteiger partial charge on any atom is 0.252 e. The van der Waals surface area contributed by atoms with E-state index in [1.165, 1.54) is 92.0 Å². The van der Waals surface area contributed by atoms with Crippen molar-refractivity contribution in [3.05, 3.63) is 174 Å². The molecule has 1 fully saturated rings. The van der Waals surface area contributed by atoms with Crippen LogP contribution in [0.4, 0.5) is 45.5 Å². The maximum atomic E-state index is 7.00. The van der Waals surface area contributed by atoms with Crippen molar-refractivity contribution in [2.24, 2.45) is 0 Å². The monoisotopic (exact) mass is 925 g/mol. The molecule has 0 amide bonds. The van der Waals surface area contributed by atoms with E-state index in [0.29, 0.717) is 0 Å². The summed E-state index contributed by atoms with van der Waals surface area (Å²) in [5.74, 6) is 0. The third-order valence-corrected chi connectivity index (χ3v) is 17.5. The Kier molecular flexibility index (Phi) is 8.70. The van der Waals surface area contributed by atoms with Crippen LogP contribution in [0.1, 0.15) is 103 Å². The number of nitrogens with zero attached hydrogens (tertiary/aromatic N) is 3. The van der Waals surface area contributed by atoms with Crippen LogP contribution in [0.3, 0.4) is 0 Å². The summed E-state index contributed by atoms with van der Waals surface area (Å²) >= 11 is 0. The summed E-state index contributed by atoms with van der Waals surface area (Å²) in [6.45, 7) is 21.4. The molecule has 71 heavy (non-hydrogen) atoms. The first-order valence-corrected chi connectivity index (χ1v) is 25.9. The predicted octanol–water partition coefficient (Wildman–Crippen LogP) is 16.2. The van der Waals surface area contributed by atoms with Gasteiger partial charge in [-0.05, 0) is 149 Å². The summed E-state index contributed by atoms with van der Waals surface area (Å²) in [6.07, 6.45) is 4.78. The molecule has 8 aromatic carbocycles. The molecule has 0 N–H and O–H groups in total. The van der Waals surface area contributed by atoms with Crippen LogP contribution in [0.15, 0.2) is 160 Å². The first-order chi connectivity index (χ1) is 34.1. The molecule has 4 aliphatic rings. The molecule has 0 spiro atoms. The average molecular weight is 926 g/mol. The standard InChI is InChI=1S/C65H60BN3O2/c1-39-33-55-60-56(34-39)68(52-20-16-19-46-44-17-10-13-22-58(44)71-61(46)52)54-38-43(69-51-29-24-40(62(2,3)4)35-48(51)64(8)31-14-15-32-65(64,69)9)25-28-50(54)66(60)49-27-23-41(63(5,6)7)36-53(49)67(55)42-26-30-59-47(37-42)45-18-11-12-21-57(45)70-59/h10-13,16-30,33-38H,14-15,31-32H2,1-9H3. The van der Waals surface area contributed by atoms with Crippen molar-refractivity contribution in [2.45, 2.75) is 110 Å². The topological polar surface area (TPSA) is 36.0 Å². The third-order valence-electron chi connectivity index (χ3n) is 17.5. The van der Waals surface area contributed by atoms with Gasteiger partial charge in [0.15, 0.2) is 5.58 Å². The van der Waals surface area contributed by atoms with Crippen LogP contribution in [-0.2, 0) is 16.2 Å². The highest BCUT2D eigenvalue weighted by Crippen LogP contribution is 2.62. The van der Waals surface area contributed by atoms with E-state index in [4.69, 9.17) is 8.83 Å². The van der Waals surface area contributed by atoms with E-state index in [1.54, 1.807) is 0 Å². The molecule has 2 atom stereocenters. The van der Waals surface area contributed by atoms with Gasteiger partial charge < -0.3 is 23.5 Å². The van der Waals surface area contributed by atoms with Crippen LogP contribution in [0.25, 0.3) is 43.9 Å². The number of para-hydroxylation sites is 3. The van der Waals surface area contributed by atoms with Crippen molar-refractivity contribution in [3.63, 3.8) is 0 Å². The summed E-state index contributed by atoms with van der Waals surface area (Å²) in [7, 11) is 0. The van der Waals surface area contributed by atoms with Crippen molar-refractivity contribution in [1.82, 2.24) is 0 Å². The van der Waals surface area contributed by atoms with Gasteiger partial charge in [-0.15, -0.1) is 0 Å². The lowest BCUT2D eigenvalue weighted by atomic mass is 9.33. The van der Waals surface area contributed by atoms with Gasteiger partial charge in [-0.1, -0.05) is 140 Å². The van der Waals surface area contributed by atoms with Gasteiger partial charge in [-0.25, -0.2) is 0 Å². The van der Waals surface area contributed by atoms with Crippen molar-refractivity contribution in [3.8, 4) is 0 Å². The maximum absolute atomic E-state index is 7.00. The molecule has 0 saturated heterocycles. The quantitative estimate of drug-likeness (QED) is 0.165. The van der Waals surface area contributed by atoms with E-state index < -0.39 is 0 Å². The summed E-state index contributed by atoms with van der Waals surface area (Å²) < 4.78 is 13.4. The summed E-state index contributed by atoms with van der Waals surface area (Å²) in [5, 5.41) is 4.49. The van der Waals surface area contributed by atoms with Crippen LogP contribution in [0.5, 0.6) is 0 Å². The van der Waals surface area contributed by atoms with Gasteiger partial charge in [0.1, 0.15) is 16.7 Å². The minimum absolute atomic E-state index is 0.00178. The first kappa shape index (κ1) is 42.7. The Labute approximate surface area is 417 Å². The Morgan fingerprint density at radius 3 is 1.85 bits per heavy atom. The van der Waals surface area contributed by atoms with E-state index in [0.717, 1.165) is 61.7 Å². The number of anilines is 8. The second kappa shape index (κ2) is 14.5. The van der Waals surface area contributed by atoms with E-state index in [-0.39, 0.29) is 28.5 Å². The summed E-state index contributed by atoms with van der Waals surface area (Å²) in [5.41, 5.74) is 22.3. The van der Waals surface area contributed by atoms with Crippen molar-refractivity contribution < 1.29 is 8.83 Å². The molecule has 1 saturated carbocycles. The highest BCUT2D eigenvalue weighted by atomic mass is 16.3. The molecule has 14 rings (SSSR count). The normalized spacial score (nSPS) is 19.4. The summed E-state index contributed by atoms with van der Waals surface area (Å²) in [4.78, 5) is 7.87. The molecule has 1 aliphatic carbocycles. The van der Waals surface area contributed by atoms with E-state index in [1.807, 2.05) is 0 Å². The smallest absolute Gasteiger partial charge is 0.252 e. The first-order valence-electron chi connectivity index (χ1n) is 25.9. The third kappa shape index (κ3) is 5.88. The van der Waals surface area contributed by atoms with Gasteiger partial charge in [-0.2, -0.15) is 0 Å². The highest BCUT2D eigenvalue weighted by molar-refractivity contribution is 7.00. The number of benzene rings is 8. The number of fused-ring (bicyclic) bond motifs is 13. The molecule has 0 bridgehead atoms. The zero-order valence-electron chi connectivity index (χ0n) is 42.5. The molecular formula is C65H60BN3O2. The van der Waals surface area contributed by atoms with Crippen LogP contribution in [0, 0.1) is 6.92 Å². The molecule has 0 radical (unpaired) electrons. The predicted molar refractivity (Wildman–Crippen MR) is 300 cm³/mol. The molecular weight excluding hydrogens is 866 g/mol. The fraction of sp³-hybridized carbons (Fsp3) is 0.262. The van der Waals surface area contributed by atoms with Gasteiger partial charge in [0.2, 0.25) is 0 Å². The lowest BCUT2D eigenvalue weighted by molar-refractivity contribution is 0.195. The van der Waals surface area contributed by atoms with Crippen LogP contribution in [0.2, 0.25) is 0 Å². The fourth-order valence-electron chi connectivity index (χ4n) is 13.6. The van der Waals surface area contributed by atoms with Crippen molar-refractivity contribution >= 4 is 112 Å². The molecule has 3 aliphatic heterocycles. The molecule has 2 unspecified atom stereocenters. The number of hydrogen-bond donors (Lipinski definition) is 0. The lowest BCUT2D eigenvalue weighted by Crippen LogP contribution is -2.61. The number of rotatable bonds is 3. The van der Waals surface area contributed by atoms with Crippen molar-refractivity contribution in [2.75, 3.05) is 14.7 Å². The molecule has 5 heterocycles. The number of aryl methyl sites for hydroxylation is 1. The minimum atomic E-state index is -0.110. The van der Waals surface area contributed by atoms with E-state index in [2.05, 4.69) is 229 Å². The van der Waals surface area contributed by atoms with Gasteiger partial charge in [0.25, 0.3) is 6.71 Å². The Hall–Kier alpha value is -7.18. The molecule has 6 heteroatoms. The Balaban J connectivity index is 1.06. The average Bonchev–Trinajstić information content (AvgIpc) is 3.98. The highest BCUT2D eigenvalue weighted by Gasteiger charge is 2.58. The zero-order valence-corrected chi connectivity index (χ0v) is 42.5. The largest absolute Gasteiger partial charge is 0.456 e. The minimum Gasteiger partial charge on any atom is -0.456 e. The molecule has 10 aromatic rings. The second-order valence-electron chi connectivity index (χ2n) is 23.7. The second-order valence-corrected chi connectivity index (χ2v) is 23.7. The molecule has 2 aromatic heterocycles. The lowest BCUT2D eigenvalue weighted by Gasteiger charge is -2.50. The number of hydrogen-bond acceptors (Lipinski definition) is 5. The summed E-state index contributed by atoms with van der Waals surface area (Å²) in [6, 6.07) is 57.4. The van der Waals surface area contributed by atoms with Gasteiger partial charge >= 0.3 is 0 Å². The number of furan rings is 2. The van der Waals surface area contributed by atoms with E-state index in [9.17, 15) is 0 Å². The Morgan fingerprint density at radius 2 is 1.08 bits per heavy atom. The zero-order chi connectivity index (χ0) is 48.5. The SMILES string of the molecule is Cc1cc2c3c(c1)N(c1cccc4c1oc1ccccc14)c1cc(N4c5ccc(C(C)(C)C)cc5C5(C)CCCCC45C)ccc1B3c1ccc(C(C)(C)C)cc1N2c1ccc2oc3ccccc3c2c1. The Bertz CT molecular complexity index is 3900. The Morgan fingerprint density at radius 1 is 0.479 bits per heavy atom. The molecule has 350 valence electrons. The van der Waals surface area contributed by atoms with Crippen LogP contribution in [-0.4, -0.2) is 12.3 Å². The van der Waals surface area contributed by atoms with Gasteiger partial charge in [0.05, 0.1) is 11.2 Å². The fourth-order valence-corrected chi connectivity index (χ4v) is 13.6. The molecule has 5 nitrogen and oxygen atoms in total. The van der Waals surface area contributed by atoms with E-state index >= 15 is 0 Å². The van der Waals surface area contributed by atoms with Crippen LogP contribution >= 0.6 is 0 Å². The van der Waals surface area contributed by atoms with Gasteiger partial charge in [-0.3, -0.25) is 0 Å².